The second-order valence-electron chi connectivity index (χ2n) is 3.62. The van der Waals surface area contributed by atoms with Crippen LogP contribution in [-0.4, -0.2) is 40.0 Å². The van der Waals surface area contributed by atoms with Gasteiger partial charge in [0.15, 0.2) is 0 Å². The van der Waals surface area contributed by atoms with Gasteiger partial charge in [-0.25, -0.2) is 4.98 Å². The topological polar surface area (TPSA) is 35.2 Å². The van der Waals surface area contributed by atoms with E-state index in [1.807, 2.05) is 0 Å². The van der Waals surface area contributed by atoms with Gasteiger partial charge in [0, 0.05) is 38.4 Å². The fourth-order valence-electron chi connectivity index (χ4n) is 1.31. The Morgan fingerprint density at radius 3 is 2.56 bits per heavy atom. The minimum atomic E-state index is 0. The summed E-state index contributed by atoms with van der Waals surface area (Å²) in [5.74, 6) is 0. The quantitative estimate of drug-likeness (QED) is 0.862. The Bertz CT molecular complexity index is 244. The van der Waals surface area contributed by atoms with Crippen LogP contribution >= 0.6 is 24.0 Å². The molecule has 0 amide bonds. The molecule has 4 nitrogen and oxygen atoms in total. The lowest BCUT2D eigenvalue weighted by molar-refractivity contribution is 0.293. The van der Waals surface area contributed by atoms with Gasteiger partial charge < -0.3 is 14.8 Å². The van der Waals surface area contributed by atoms with Gasteiger partial charge in [0.25, 0.3) is 0 Å². The lowest BCUT2D eigenvalue weighted by atomic mass is 10.3. The maximum atomic E-state index is 3.67. The Balaban J connectivity index is 0.000000318. The average Bonchev–Trinajstić information content (AvgIpc) is 2.88. The van der Waals surface area contributed by atoms with Gasteiger partial charge in [-0.2, -0.15) is 0 Å². The third kappa shape index (κ3) is 6.71. The molecule has 0 spiro atoms. The van der Waals surface area contributed by atoms with Gasteiger partial charge in [-0.3, -0.25) is 0 Å². The summed E-state index contributed by atoms with van der Waals surface area (Å²) in [4.78, 5) is 10.9. The van der Waals surface area contributed by atoms with Crippen molar-refractivity contribution >= 4 is 24.0 Å². The first-order chi connectivity index (χ1) is 7.33. The second kappa shape index (κ2) is 9.50. The van der Waals surface area contributed by atoms with Crippen molar-refractivity contribution in [2.45, 2.75) is 19.8 Å². The predicted octanol–water partition coefficient (Wildman–Crippen LogP) is 2.49. The Kier molecular flexibility index (Phi) is 9.07. The summed E-state index contributed by atoms with van der Waals surface area (Å²) in [6, 6.07) is 0. The zero-order valence-corrected chi connectivity index (χ0v) is 12.3. The number of rotatable bonds is 3. The zero-order chi connectivity index (χ0) is 10.9. The highest BCUT2D eigenvalue weighted by Gasteiger charge is 2.05. The Labute approximate surface area is 115 Å². The van der Waals surface area contributed by atoms with Crippen LogP contribution < -0.4 is 0 Å². The van der Waals surface area contributed by atoms with E-state index in [4.69, 9.17) is 0 Å². The van der Waals surface area contributed by atoms with Gasteiger partial charge in [-0.15, -0.1) is 24.0 Å². The van der Waals surface area contributed by atoms with E-state index in [0.717, 1.165) is 6.67 Å². The van der Waals surface area contributed by atoms with Crippen LogP contribution in [0.15, 0.2) is 31.1 Å². The zero-order valence-electron chi connectivity index (χ0n) is 9.97. The molecular weight excluding hydrogens is 315 g/mol. The van der Waals surface area contributed by atoms with Crippen molar-refractivity contribution in [1.29, 1.82) is 0 Å². The number of imidazole rings is 1. The standard InChI is InChI=1S/C8H16N2.C3H4N2.HI/c1-3-4-5-10-7-6-9(2)8-10;1-2-5-3-4-1;/h6-7H,3-5,8H2,1-2H3;1-3H,(H,4,5);1H. The highest BCUT2D eigenvalue weighted by molar-refractivity contribution is 14.0. The highest BCUT2D eigenvalue weighted by Crippen LogP contribution is 2.04. The van der Waals surface area contributed by atoms with Crippen LogP contribution in [0.25, 0.3) is 0 Å². The largest absolute Gasteiger partial charge is 0.362 e. The third-order valence-corrected chi connectivity index (χ3v) is 2.14. The molecule has 0 saturated carbocycles. The molecule has 1 aliphatic heterocycles. The second-order valence-corrected chi connectivity index (χ2v) is 3.62. The molecule has 1 aromatic rings. The van der Waals surface area contributed by atoms with Crippen LogP contribution in [-0.2, 0) is 0 Å². The fraction of sp³-hybridized carbons (Fsp3) is 0.545. The number of unbranched alkanes of at least 4 members (excludes halogenated alkanes) is 1. The number of hydrogen-bond acceptors (Lipinski definition) is 3. The number of nitrogens with one attached hydrogen (secondary N) is 1. The maximum Gasteiger partial charge on any atom is 0.0919 e. The van der Waals surface area contributed by atoms with Crippen molar-refractivity contribution < 1.29 is 0 Å². The van der Waals surface area contributed by atoms with Crippen molar-refractivity contribution in [3.8, 4) is 0 Å². The fourth-order valence-corrected chi connectivity index (χ4v) is 1.31. The molecule has 92 valence electrons. The van der Waals surface area contributed by atoms with Crippen LogP contribution in [0.4, 0.5) is 0 Å². The molecule has 0 saturated heterocycles. The number of H-pyrrole nitrogens is 1. The van der Waals surface area contributed by atoms with Crippen LogP contribution in [0.3, 0.4) is 0 Å². The molecular formula is C11H21IN4. The molecule has 0 radical (unpaired) electrons. The van der Waals surface area contributed by atoms with E-state index >= 15 is 0 Å². The number of halogens is 1. The normalized spacial score (nSPS) is 13.1. The van der Waals surface area contributed by atoms with Gasteiger partial charge >= 0.3 is 0 Å². The number of aromatic amines is 1. The van der Waals surface area contributed by atoms with E-state index in [1.54, 1.807) is 18.7 Å². The summed E-state index contributed by atoms with van der Waals surface area (Å²) in [6.07, 6.45) is 12.0. The molecule has 0 atom stereocenters. The third-order valence-electron chi connectivity index (χ3n) is 2.14. The first kappa shape index (κ1) is 15.3. The number of aromatic nitrogens is 2. The molecule has 0 bridgehead atoms. The van der Waals surface area contributed by atoms with E-state index in [9.17, 15) is 0 Å². The van der Waals surface area contributed by atoms with E-state index < -0.39 is 0 Å². The van der Waals surface area contributed by atoms with E-state index in [1.165, 1.54) is 19.4 Å². The molecule has 0 fully saturated rings. The average molecular weight is 336 g/mol. The summed E-state index contributed by atoms with van der Waals surface area (Å²) in [6.45, 7) is 4.50. The minimum absolute atomic E-state index is 0. The minimum Gasteiger partial charge on any atom is -0.362 e. The van der Waals surface area contributed by atoms with Crippen molar-refractivity contribution in [1.82, 2.24) is 19.8 Å². The molecule has 0 aliphatic carbocycles. The molecule has 2 rings (SSSR count). The molecule has 5 heteroatoms. The van der Waals surface area contributed by atoms with Crippen LogP contribution in [0.5, 0.6) is 0 Å². The van der Waals surface area contributed by atoms with E-state index in [2.05, 4.69) is 46.1 Å². The number of nitrogens with zero attached hydrogens (tertiary/aromatic N) is 3. The summed E-state index contributed by atoms with van der Waals surface area (Å²) >= 11 is 0. The first-order valence-corrected chi connectivity index (χ1v) is 5.38. The Morgan fingerprint density at radius 1 is 1.38 bits per heavy atom. The lowest BCUT2D eigenvalue weighted by Crippen LogP contribution is -2.23. The smallest absolute Gasteiger partial charge is 0.0919 e. The molecule has 0 unspecified atom stereocenters. The van der Waals surface area contributed by atoms with Crippen molar-refractivity contribution in [2.75, 3.05) is 20.3 Å². The van der Waals surface area contributed by atoms with Crippen LogP contribution in [0, 0.1) is 0 Å². The lowest BCUT2D eigenvalue weighted by Gasteiger charge is -2.17. The highest BCUT2D eigenvalue weighted by atomic mass is 127. The Morgan fingerprint density at radius 2 is 2.19 bits per heavy atom. The van der Waals surface area contributed by atoms with Gasteiger partial charge in [-0.1, -0.05) is 13.3 Å². The summed E-state index contributed by atoms with van der Waals surface area (Å²) < 4.78 is 0. The van der Waals surface area contributed by atoms with Gasteiger partial charge in [-0.05, 0) is 6.42 Å². The van der Waals surface area contributed by atoms with Crippen molar-refractivity contribution in [3.63, 3.8) is 0 Å². The molecule has 16 heavy (non-hydrogen) atoms. The SMILES string of the molecule is CCCCN1C=CN(C)C1.I.c1c[nH]cn1. The predicted molar refractivity (Wildman–Crippen MR) is 77.4 cm³/mol. The first-order valence-electron chi connectivity index (χ1n) is 5.38. The monoisotopic (exact) mass is 336 g/mol. The van der Waals surface area contributed by atoms with E-state index in [-0.39, 0.29) is 24.0 Å². The van der Waals surface area contributed by atoms with Gasteiger partial charge in [0.1, 0.15) is 0 Å². The van der Waals surface area contributed by atoms with Crippen LogP contribution in [0.2, 0.25) is 0 Å². The Hall–Kier alpha value is -0.720. The van der Waals surface area contributed by atoms with Crippen molar-refractivity contribution in [3.05, 3.63) is 31.1 Å². The summed E-state index contributed by atoms with van der Waals surface area (Å²) in [5, 5.41) is 0. The molecule has 2 heterocycles. The number of hydrogen-bond donors (Lipinski definition) is 1. The molecule has 1 N–H and O–H groups in total. The summed E-state index contributed by atoms with van der Waals surface area (Å²) in [5.41, 5.74) is 0. The van der Waals surface area contributed by atoms with Gasteiger partial charge in [0.05, 0.1) is 13.0 Å². The molecule has 1 aliphatic rings. The van der Waals surface area contributed by atoms with Crippen molar-refractivity contribution in [2.24, 2.45) is 0 Å². The van der Waals surface area contributed by atoms with Crippen LogP contribution in [0.1, 0.15) is 19.8 Å². The molecule has 0 aromatic carbocycles. The molecule has 1 aromatic heterocycles. The maximum absolute atomic E-state index is 3.67. The van der Waals surface area contributed by atoms with E-state index in [0.29, 0.717) is 0 Å². The van der Waals surface area contributed by atoms with Gasteiger partial charge in [0.2, 0.25) is 0 Å². The summed E-state index contributed by atoms with van der Waals surface area (Å²) in [7, 11) is 2.10.